The first-order chi connectivity index (χ1) is 8.66. The van der Waals surface area contributed by atoms with Crippen molar-refractivity contribution in [2.24, 2.45) is 5.10 Å². The third-order valence-corrected chi connectivity index (χ3v) is 2.87. The molecule has 0 unspecified atom stereocenters. The SMILES string of the molecule is Cc1ccccc1CNC(=O)C1=NNC(=O)CC1. The van der Waals surface area contributed by atoms with Gasteiger partial charge in [0, 0.05) is 19.4 Å². The summed E-state index contributed by atoms with van der Waals surface area (Å²) in [6.45, 7) is 2.47. The number of carbonyl (C=O) groups excluding carboxylic acids is 2. The van der Waals surface area contributed by atoms with E-state index in [4.69, 9.17) is 0 Å². The minimum absolute atomic E-state index is 0.148. The molecule has 0 fully saturated rings. The molecule has 1 aromatic carbocycles. The van der Waals surface area contributed by atoms with E-state index in [0.717, 1.165) is 11.1 Å². The van der Waals surface area contributed by atoms with Gasteiger partial charge in [0.15, 0.2) is 0 Å². The summed E-state index contributed by atoms with van der Waals surface area (Å²) in [7, 11) is 0. The standard InChI is InChI=1S/C13H15N3O2/c1-9-4-2-3-5-10(9)8-14-13(18)11-6-7-12(17)16-15-11/h2-5H,6-8H2,1H3,(H,14,18)(H,16,17). The van der Waals surface area contributed by atoms with Crippen LogP contribution in [0.15, 0.2) is 29.4 Å². The molecule has 5 heteroatoms. The summed E-state index contributed by atoms with van der Waals surface area (Å²) < 4.78 is 0. The molecule has 1 aliphatic rings. The van der Waals surface area contributed by atoms with Crippen molar-refractivity contribution < 1.29 is 9.59 Å². The summed E-state index contributed by atoms with van der Waals surface area (Å²) >= 11 is 0. The monoisotopic (exact) mass is 245 g/mol. The van der Waals surface area contributed by atoms with Crippen molar-refractivity contribution in [3.8, 4) is 0 Å². The summed E-state index contributed by atoms with van der Waals surface area (Å²) in [6, 6.07) is 7.87. The van der Waals surface area contributed by atoms with Gasteiger partial charge in [0.05, 0.1) is 0 Å². The minimum atomic E-state index is -0.224. The van der Waals surface area contributed by atoms with Crippen LogP contribution in [0.4, 0.5) is 0 Å². The van der Waals surface area contributed by atoms with Gasteiger partial charge < -0.3 is 5.32 Å². The molecule has 0 saturated carbocycles. The molecule has 0 spiro atoms. The van der Waals surface area contributed by atoms with Gasteiger partial charge in [-0.1, -0.05) is 24.3 Å². The molecular formula is C13H15N3O2. The zero-order valence-corrected chi connectivity index (χ0v) is 10.2. The number of hydrogen-bond acceptors (Lipinski definition) is 3. The Kier molecular flexibility index (Phi) is 3.72. The van der Waals surface area contributed by atoms with E-state index in [9.17, 15) is 9.59 Å². The van der Waals surface area contributed by atoms with E-state index in [-0.39, 0.29) is 11.8 Å². The summed E-state index contributed by atoms with van der Waals surface area (Å²) in [6.07, 6.45) is 0.710. The lowest BCUT2D eigenvalue weighted by molar-refractivity contribution is -0.121. The summed E-state index contributed by atoms with van der Waals surface area (Å²) in [5, 5.41) is 6.55. The topological polar surface area (TPSA) is 70.6 Å². The number of hydrogen-bond donors (Lipinski definition) is 2. The van der Waals surface area contributed by atoms with Crippen LogP contribution in [-0.4, -0.2) is 17.5 Å². The first-order valence-electron chi connectivity index (χ1n) is 5.85. The fourth-order valence-corrected chi connectivity index (χ4v) is 1.72. The smallest absolute Gasteiger partial charge is 0.267 e. The van der Waals surface area contributed by atoms with E-state index in [1.807, 2.05) is 31.2 Å². The molecule has 1 aliphatic heterocycles. The molecule has 2 amide bonds. The normalized spacial score (nSPS) is 14.7. The van der Waals surface area contributed by atoms with Crippen LogP contribution in [0.3, 0.4) is 0 Å². The Morgan fingerprint density at radius 1 is 1.39 bits per heavy atom. The second kappa shape index (κ2) is 5.44. The van der Waals surface area contributed by atoms with Crippen molar-refractivity contribution in [1.29, 1.82) is 0 Å². The Hall–Kier alpha value is -2.17. The Bertz CT molecular complexity index is 509. The molecule has 2 N–H and O–H groups in total. The highest BCUT2D eigenvalue weighted by molar-refractivity contribution is 6.39. The molecular weight excluding hydrogens is 230 g/mol. The Morgan fingerprint density at radius 2 is 2.17 bits per heavy atom. The van der Waals surface area contributed by atoms with E-state index < -0.39 is 0 Å². The number of aryl methyl sites for hydroxylation is 1. The second-order valence-electron chi connectivity index (χ2n) is 4.20. The summed E-state index contributed by atoms with van der Waals surface area (Å²) in [5.41, 5.74) is 4.90. The van der Waals surface area contributed by atoms with Crippen LogP contribution in [0.1, 0.15) is 24.0 Å². The molecule has 0 bridgehead atoms. The first kappa shape index (κ1) is 12.3. The number of nitrogens with zero attached hydrogens (tertiary/aromatic N) is 1. The number of nitrogens with one attached hydrogen (secondary N) is 2. The first-order valence-corrected chi connectivity index (χ1v) is 5.85. The molecule has 0 radical (unpaired) electrons. The average molecular weight is 245 g/mol. The van der Waals surface area contributed by atoms with Gasteiger partial charge in [-0.15, -0.1) is 0 Å². The predicted molar refractivity (Wildman–Crippen MR) is 67.8 cm³/mol. The van der Waals surface area contributed by atoms with Gasteiger partial charge >= 0.3 is 0 Å². The van der Waals surface area contributed by atoms with Gasteiger partial charge in [-0.25, -0.2) is 5.43 Å². The maximum Gasteiger partial charge on any atom is 0.267 e. The van der Waals surface area contributed by atoms with Crippen LogP contribution in [0.2, 0.25) is 0 Å². The van der Waals surface area contributed by atoms with Crippen LogP contribution in [0, 0.1) is 6.92 Å². The second-order valence-corrected chi connectivity index (χ2v) is 4.20. The average Bonchev–Trinajstić information content (AvgIpc) is 2.38. The van der Waals surface area contributed by atoms with Crippen LogP contribution in [0.25, 0.3) is 0 Å². The van der Waals surface area contributed by atoms with Gasteiger partial charge in [0.1, 0.15) is 5.71 Å². The van der Waals surface area contributed by atoms with Crippen LogP contribution in [-0.2, 0) is 16.1 Å². The van der Waals surface area contributed by atoms with E-state index in [1.54, 1.807) is 0 Å². The summed E-state index contributed by atoms with van der Waals surface area (Å²) in [4.78, 5) is 22.7. The highest BCUT2D eigenvalue weighted by atomic mass is 16.2. The maximum absolute atomic E-state index is 11.8. The van der Waals surface area contributed by atoms with Crippen molar-refractivity contribution in [2.45, 2.75) is 26.3 Å². The zero-order chi connectivity index (χ0) is 13.0. The quantitative estimate of drug-likeness (QED) is 0.829. The number of benzene rings is 1. The van der Waals surface area contributed by atoms with Gasteiger partial charge in [-0.3, -0.25) is 9.59 Å². The highest BCUT2D eigenvalue weighted by Crippen LogP contribution is 2.06. The Morgan fingerprint density at radius 3 is 2.83 bits per heavy atom. The largest absolute Gasteiger partial charge is 0.347 e. The number of carbonyl (C=O) groups is 2. The fourth-order valence-electron chi connectivity index (χ4n) is 1.72. The fraction of sp³-hybridized carbons (Fsp3) is 0.308. The van der Waals surface area contributed by atoms with Crippen molar-refractivity contribution in [3.63, 3.8) is 0 Å². The van der Waals surface area contributed by atoms with Crippen molar-refractivity contribution in [1.82, 2.24) is 10.7 Å². The van der Waals surface area contributed by atoms with E-state index in [1.165, 1.54) is 0 Å². The minimum Gasteiger partial charge on any atom is -0.347 e. The maximum atomic E-state index is 11.8. The lowest BCUT2D eigenvalue weighted by Crippen LogP contribution is -2.36. The molecule has 94 valence electrons. The van der Waals surface area contributed by atoms with Gasteiger partial charge in [-0.05, 0) is 18.1 Å². The highest BCUT2D eigenvalue weighted by Gasteiger charge is 2.17. The number of rotatable bonds is 3. The zero-order valence-electron chi connectivity index (χ0n) is 10.2. The molecule has 0 atom stereocenters. The van der Waals surface area contributed by atoms with E-state index in [0.29, 0.717) is 25.1 Å². The van der Waals surface area contributed by atoms with E-state index >= 15 is 0 Å². The molecule has 1 aromatic rings. The van der Waals surface area contributed by atoms with Crippen LogP contribution < -0.4 is 10.7 Å². The van der Waals surface area contributed by atoms with Gasteiger partial charge in [0.25, 0.3) is 5.91 Å². The van der Waals surface area contributed by atoms with Crippen molar-refractivity contribution in [2.75, 3.05) is 0 Å². The van der Waals surface area contributed by atoms with Crippen molar-refractivity contribution >= 4 is 17.5 Å². The van der Waals surface area contributed by atoms with Gasteiger partial charge in [-0.2, -0.15) is 5.10 Å². The van der Waals surface area contributed by atoms with Gasteiger partial charge in [0.2, 0.25) is 5.91 Å². The molecule has 2 rings (SSSR count). The number of amides is 2. The molecule has 5 nitrogen and oxygen atoms in total. The third-order valence-electron chi connectivity index (χ3n) is 2.87. The molecule has 18 heavy (non-hydrogen) atoms. The number of hydrazone groups is 1. The molecule has 0 aromatic heterocycles. The van der Waals surface area contributed by atoms with Crippen LogP contribution >= 0.6 is 0 Å². The van der Waals surface area contributed by atoms with Crippen LogP contribution in [0.5, 0.6) is 0 Å². The summed E-state index contributed by atoms with van der Waals surface area (Å²) in [5.74, 6) is -0.372. The molecule has 1 heterocycles. The Labute approximate surface area is 105 Å². The third kappa shape index (κ3) is 2.94. The Balaban J connectivity index is 1.93. The molecule has 0 aliphatic carbocycles. The molecule has 0 saturated heterocycles. The lowest BCUT2D eigenvalue weighted by Gasteiger charge is -2.12. The lowest BCUT2D eigenvalue weighted by atomic mass is 10.1. The van der Waals surface area contributed by atoms with E-state index in [2.05, 4.69) is 15.8 Å². The van der Waals surface area contributed by atoms with Crippen molar-refractivity contribution in [3.05, 3.63) is 35.4 Å². The predicted octanol–water partition coefficient (Wildman–Crippen LogP) is 0.877.